The number of hydrogen-bond acceptors (Lipinski definition) is 3. The van der Waals surface area contributed by atoms with Crippen LogP contribution >= 0.6 is 12.4 Å². The van der Waals surface area contributed by atoms with Crippen LogP contribution < -0.4 is 11.1 Å². The largest absolute Gasteiger partial charge is 0.391 e. The second-order valence-electron chi connectivity index (χ2n) is 2.19. The third kappa shape index (κ3) is 1.83. The predicted octanol–water partition coefficient (Wildman–Crippen LogP) is -1.38. The zero-order valence-electron chi connectivity index (χ0n) is 5.41. The van der Waals surface area contributed by atoms with Crippen LogP contribution in [0.15, 0.2) is 0 Å². The summed E-state index contributed by atoms with van der Waals surface area (Å²) in [6.07, 6.45) is 0.0376. The van der Waals surface area contributed by atoms with Gasteiger partial charge in [0.1, 0.15) is 6.04 Å². The number of carbonyl (C=O) groups is 1. The lowest BCUT2D eigenvalue weighted by Gasteiger charge is -2.08. The molecule has 0 aromatic heterocycles. The van der Waals surface area contributed by atoms with Gasteiger partial charge < -0.3 is 16.2 Å². The maximum atomic E-state index is 10.4. The quantitative estimate of drug-likeness (QED) is 0.449. The SMILES string of the molecule is Cl.NC(=O)[C@@H]1NCC[C@@H]1O. The molecule has 0 aromatic carbocycles. The molecule has 4 N–H and O–H groups in total. The number of carbonyl (C=O) groups excluding carboxylic acids is 1. The molecule has 0 saturated carbocycles. The molecule has 10 heavy (non-hydrogen) atoms. The summed E-state index contributed by atoms with van der Waals surface area (Å²) in [6, 6.07) is -0.523. The molecular formula is C5H11ClN2O2. The van der Waals surface area contributed by atoms with Crippen molar-refractivity contribution in [1.29, 1.82) is 0 Å². The molecule has 4 nitrogen and oxygen atoms in total. The van der Waals surface area contributed by atoms with Gasteiger partial charge in [-0.1, -0.05) is 0 Å². The molecule has 1 aliphatic rings. The van der Waals surface area contributed by atoms with Gasteiger partial charge in [0.25, 0.3) is 0 Å². The molecule has 1 saturated heterocycles. The number of primary amides is 1. The monoisotopic (exact) mass is 166 g/mol. The van der Waals surface area contributed by atoms with E-state index in [4.69, 9.17) is 10.8 Å². The van der Waals surface area contributed by atoms with E-state index >= 15 is 0 Å². The normalized spacial score (nSPS) is 31.3. The van der Waals surface area contributed by atoms with Crippen LogP contribution in [0, 0.1) is 0 Å². The number of aliphatic hydroxyl groups excluding tert-OH is 1. The van der Waals surface area contributed by atoms with E-state index in [-0.39, 0.29) is 12.4 Å². The highest BCUT2D eigenvalue weighted by atomic mass is 35.5. The third-order valence-electron chi connectivity index (χ3n) is 1.50. The minimum Gasteiger partial charge on any atom is -0.391 e. The van der Waals surface area contributed by atoms with Gasteiger partial charge in [-0.3, -0.25) is 4.79 Å². The maximum Gasteiger partial charge on any atom is 0.237 e. The summed E-state index contributed by atoms with van der Waals surface area (Å²) >= 11 is 0. The molecule has 2 atom stereocenters. The lowest BCUT2D eigenvalue weighted by Crippen LogP contribution is -2.42. The average Bonchev–Trinajstić information content (AvgIpc) is 2.13. The fourth-order valence-corrected chi connectivity index (χ4v) is 0.980. The van der Waals surface area contributed by atoms with Gasteiger partial charge in [0.2, 0.25) is 5.91 Å². The molecular weight excluding hydrogens is 156 g/mol. The van der Waals surface area contributed by atoms with Crippen LogP contribution in [-0.4, -0.2) is 29.7 Å². The van der Waals surface area contributed by atoms with E-state index in [1.165, 1.54) is 0 Å². The van der Waals surface area contributed by atoms with E-state index in [0.29, 0.717) is 13.0 Å². The van der Waals surface area contributed by atoms with Gasteiger partial charge >= 0.3 is 0 Å². The second kappa shape index (κ2) is 3.75. The van der Waals surface area contributed by atoms with Crippen molar-refractivity contribution in [1.82, 2.24) is 5.32 Å². The summed E-state index contributed by atoms with van der Waals surface area (Å²) in [5.74, 6) is -0.472. The van der Waals surface area contributed by atoms with Gasteiger partial charge in [0.15, 0.2) is 0 Å². The molecule has 0 aromatic rings. The highest BCUT2D eigenvalue weighted by molar-refractivity contribution is 5.85. The molecule has 0 unspecified atom stereocenters. The van der Waals surface area contributed by atoms with Crippen molar-refractivity contribution in [2.45, 2.75) is 18.6 Å². The highest BCUT2D eigenvalue weighted by Gasteiger charge is 2.28. The molecule has 1 rings (SSSR count). The molecule has 0 aliphatic carbocycles. The predicted molar refractivity (Wildman–Crippen MR) is 38.9 cm³/mol. The Kier molecular flexibility index (Phi) is 3.63. The molecule has 1 heterocycles. The number of halogens is 1. The first-order valence-electron chi connectivity index (χ1n) is 2.92. The first kappa shape index (κ1) is 9.68. The topological polar surface area (TPSA) is 75.4 Å². The summed E-state index contributed by atoms with van der Waals surface area (Å²) in [4.78, 5) is 10.4. The molecule has 1 aliphatic heterocycles. The second-order valence-corrected chi connectivity index (χ2v) is 2.19. The van der Waals surface area contributed by atoms with Crippen LogP contribution in [0.1, 0.15) is 6.42 Å². The molecule has 0 spiro atoms. The summed E-state index contributed by atoms with van der Waals surface area (Å²) < 4.78 is 0. The first-order chi connectivity index (χ1) is 4.22. The van der Waals surface area contributed by atoms with Gasteiger partial charge in [-0.2, -0.15) is 0 Å². The van der Waals surface area contributed by atoms with Gasteiger partial charge in [-0.15, -0.1) is 12.4 Å². The molecule has 1 fully saturated rings. The fraction of sp³-hybridized carbons (Fsp3) is 0.800. The van der Waals surface area contributed by atoms with Crippen molar-refractivity contribution in [3.63, 3.8) is 0 Å². The number of aliphatic hydroxyl groups is 1. The number of hydrogen-bond donors (Lipinski definition) is 3. The summed E-state index contributed by atoms with van der Waals surface area (Å²) in [7, 11) is 0. The van der Waals surface area contributed by atoms with Crippen molar-refractivity contribution in [2.24, 2.45) is 5.73 Å². The van der Waals surface area contributed by atoms with Crippen LogP contribution in [0.3, 0.4) is 0 Å². The maximum absolute atomic E-state index is 10.4. The van der Waals surface area contributed by atoms with Crippen LogP contribution in [0.25, 0.3) is 0 Å². The Labute approximate surface area is 65.2 Å². The van der Waals surface area contributed by atoms with Crippen molar-refractivity contribution < 1.29 is 9.90 Å². The van der Waals surface area contributed by atoms with E-state index in [2.05, 4.69) is 5.32 Å². The number of nitrogens with two attached hydrogens (primary N) is 1. The molecule has 0 bridgehead atoms. The van der Waals surface area contributed by atoms with E-state index in [1.54, 1.807) is 0 Å². The summed E-state index contributed by atoms with van der Waals surface area (Å²) in [5, 5.41) is 11.8. The number of amides is 1. The Morgan fingerprint density at radius 1 is 1.70 bits per heavy atom. The van der Waals surface area contributed by atoms with Gasteiger partial charge in [0.05, 0.1) is 6.10 Å². The lowest BCUT2D eigenvalue weighted by atomic mass is 10.2. The van der Waals surface area contributed by atoms with Crippen molar-refractivity contribution in [3.8, 4) is 0 Å². The minimum atomic E-state index is -0.581. The Balaban J connectivity index is 0.000000810. The van der Waals surface area contributed by atoms with Gasteiger partial charge in [0, 0.05) is 0 Å². The molecule has 5 heteroatoms. The minimum absolute atomic E-state index is 0. The Morgan fingerprint density at radius 3 is 2.50 bits per heavy atom. The van der Waals surface area contributed by atoms with E-state index in [1.807, 2.05) is 0 Å². The number of rotatable bonds is 1. The smallest absolute Gasteiger partial charge is 0.237 e. The van der Waals surface area contributed by atoms with E-state index in [9.17, 15) is 4.79 Å². The zero-order chi connectivity index (χ0) is 6.85. The average molecular weight is 167 g/mol. The standard InChI is InChI=1S/C5H10N2O2.ClH/c6-5(9)4-3(8)1-2-7-4;/h3-4,7-8H,1-2H2,(H2,6,9);1H/t3-,4+;/m0./s1. The Bertz CT molecular complexity index is 131. The summed E-state index contributed by atoms with van der Waals surface area (Å²) in [5.41, 5.74) is 4.93. The van der Waals surface area contributed by atoms with Crippen molar-refractivity contribution >= 4 is 18.3 Å². The van der Waals surface area contributed by atoms with Crippen molar-refractivity contribution in [3.05, 3.63) is 0 Å². The van der Waals surface area contributed by atoms with Crippen LogP contribution in [0.4, 0.5) is 0 Å². The van der Waals surface area contributed by atoms with Crippen LogP contribution in [-0.2, 0) is 4.79 Å². The summed E-state index contributed by atoms with van der Waals surface area (Å²) in [6.45, 7) is 0.675. The van der Waals surface area contributed by atoms with Gasteiger partial charge in [-0.25, -0.2) is 0 Å². The van der Waals surface area contributed by atoms with Crippen molar-refractivity contribution in [2.75, 3.05) is 6.54 Å². The van der Waals surface area contributed by atoms with Crippen LogP contribution in [0.5, 0.6) is 0 Å². The van der Waals surface area contributed by atoms with E-state index < -0.39 is 18.1 Å². The Hall–Kier alpha value is -0.320. The first-order valence-corrected chi connectivity index (χ1v) is 2.92. The van der Waals surface area contributed by atoms with Gasteiger partial charge in [-0.05, 0) is 13.0 Å². The molecule has 60 valence electrons. The van der Waals surface area contributed by atoms with E-state index in [0.717, 1.165) is 0 Å². The number of nitrogens with one attached hydrogen (secondary N) is 1. The third-order valence-corrected chi connectivity index (χ3v) is 1.50. The zero-order valence-corrected chi connectivity index (χ0v) is 6.23. The molecule has 0 radical (unpaired) electrons. The molecule has 1 amide bonds. The Morgan fingerprint density at radius 2 is 2.30 bits per heavy atom. The lowest BCUT2D eigenvalue weighted by molar-refractivity contribution is -0.121. The van der Waals surface area contributed by atoms with Crippen LogP contribution in [0.2, 0.25) is 0 Å². The fourth-order valence-electron chi connectivity index (χ4n) is 0.980. The highest BCUT2D eigenvalue weighted by Crippen LogP contribution is 2.04.